The van der Waals surface area contributed by atoms with Crippen molar-refractivity contribution < 1.29 is 13.2 Å². The minimum absolute atomic E-state index is 0.184. The molecule has 4 nitrogen and oxygen atoms in total. The average molecular weight is 366 g/mol. The lowest BCUT2D eigenvalue weighted by Crippen LogP contribution is -2.35. The van der Waals surface area contributed by atoms with Gasteiger partial charge in [-0.2, -0.15) is 0 Å². The van der Waals surface area contributed by atoms with Crippen LogP contribution >= 0.6 is 11.6 Å². The molecule has 0 saturated heterocycles. The fraction of sp³-hybridized carbons (Fsp3) is 0.333. The maximum atomic E-state index is 13.1. The third-order valence-corrected chi connectivity index (χ3v) is 7.17. The van der Waals surface area contributed by atoms with Crippen molar-refractivity contribution in [1.29, 1.82) is 0 Å². The molecule has 1 fully saturated rings. The number of nitrogens with two attached hydrogens (primary N) is 1. The van der Waals surface area contributed by atoms with Crippen molar-refractivity contribution in [3.05, 3.63) is 64.7 Å². The number of aryl methyl sites for hydroxylation is 1. The van der Waals surface area contributed by atoms with Gasteiger partial charge in [0.1, 0.15) is 0 Å². The predicted octanol–water partition coefficient (Wildman–Crippen LogP) is 2.93. The van der Waals surface area contributed by atoms with Gasteiger partial charge in [-0.15, -0.1) is 0 Å². The second kappa shape index (κ2) is 6.15. The minimum atomic E-state index is -3.58. The third kappa shape index (κ3) is 2.86. The van der Waals surface area contributed by atoms with E-state index in [4.69, 9.17) is 22.1 Å². The van der Waals surface area contributed by atoms with Gasteiger partial charge in [0.2, 0.25) is 0 Å². The van der Waals surface area contributed by atoms with Crippen LogP contribution in [0.5, 0.6) is 0 Å². The number of ether oxygens (including phenoxy) is 1. The minimum Gasteiger partial charge on any atom is -0.383 e. The molecule has 6 heteroatoms. The molecule has 2 aromatic carbocycles. The largest absolute Gasteiger partial charge is 0.383 e. The van der Waals surface area contributed by atoms with Crippen molar-refractivity contribution in [2.24, 2.45) is 5.73 Å². The number of rotatable bonds is 5. The van der Waals surface area contributed by atoms with Gasteiger partial charge in [-0.3, -0.25) is 0 Å². The van der Waals surface area contributed by atoms with E-state index in [-0.39, 0.29) is 17.4 Å². The number of methoxy groups -OCH3 is 1. The van der Waals surface area contributed by atoms with Crippen LogP contribution in [0.1, 0.15) is 17.0 Å². The van der Waals surface area contributed by atoms with Crippen LogP contribution in [0.15, 0.2) is 53.4 Å². The van der Waals surface area contributed by atoms with Gasteiger partial charge in [0.15, 0.2) is 9.84 Å². The van der Waals surface area contributed by atoms with E-state index in [9.17, 15) is 8.42 Å². The molecule has 1 aliphatic rings. The van der Waals surface area contributed by atoms with Crippen LogP contribution in [-0.2, 0) is 14.6 Å². The van der Waals surface area contributed by atoms with Gasteiger partial charge in [0, 0.05) is 18.1 Å². The lowest BCUT2D eigenvalue weighted by molar-refractivity contribution is 0.171. The Hall–Kier alpha value is -1.40. The monoisotopic (exact) mass is 365 g/mol. The second-order valence-electron chi connectivity index (χ2n) is 6.35. The molecule has 2 N–H and O–H groups in total. The van der Waals surface area contributed by atoms with Crippen LogP contribution in [0.25, 0.3) is 0 Å². The van der Waals surface area contributed by atoms with Crippen LogP contribution in [0, 0.1) is 6.92 Å². The molecule has 0 spiro atoms. The van der Waals surface area contributed by atoms with Crippen molar-refractivity contribution in [2.75, 3.05) is 13.7 Å². The summed E-state index contributed by atoms with van der Waals surface area (Å²) >= 11 is 5.86. The number of hydrogen-bond acceptors (Lipinski definition) is 4. The molecule has 0 heterocycles. The van der Waals surface area contributed by atoms with Gasteiger partial charge in [-0.1, -0.05) is 41.4 Å². The van der Waals surface area contributed by atoms with E-state index in [1.54, 1.807) is 12.1 Å². The fourth-order valence-corrected chi connectivity index (χ4v) is 5.76. The highest BCUT2D eigenvalue weighted by Crippen LogP contribution is 2.55. The summed E-state index contributed by atoms with van der Waals surface area (Å²) < 4.78 is 31.4. The van der Waals surface area contributed by atoms with Crippen LogP contribution in [-0.4, -0.2) is 32.9 Å². The summed E-state index contributed by atoms with van der Waals surface area (Å²) in [7, 11) is -2.05. The van der Waals surface area contributed by atoms with Crippen LogP contribution in [0.2, 0.25) is 5.02 Å². The molecule has 1 aliphatic carbocycles. The molecule has 0 amide bonds. The maximum Gasteiger partial charge on any atom is 0.183 e. The van der Waals surface area contributed by atoms with Crippen LogP contribution in [0.4, 0.5) is 0 Å². The summed E-state index contributed by atoms with van der Waals surface area (Å²) in [6.45, 7) is 2.17. The molecule has 3 atom stereocenters. The van der Waals surface area contributed by atoms with Gasteiger partial charge in [0.05, 0.1) is 22.3 Å². The van der Waals surface area contributed by atoms with E-state index in [0.717, 1.165) is 11.1 Å². The molecule has 2 aromatic rings. The zero-order valence-corrected chi connectivity index (χ0v) is 15.1. The molecule has 3 rings (SSSR count). The van der Waals surface area contributed by atoms with E-state index < -0.39 is 20.6 Å². The van der Waals surface area contributed by atoms with Crippen molar-refractivity contribution in [1.82, 2.24) is 0 Å². The Kier molecular flexibility index (Phi) is 4.47. The molecule has 3 unspecified atom stereocenters. The highest BCUT2D eigenvalue weighted by atomic mass is 35.5. The lowest BCUT2D eigenvalue weighted by Gasteiger charge is -2.11. The first-order valence-corrected chi connectivity index (χ1v) is 9.57. The van der Waals surface area contributed by atoms with Gasteiger partial charge in [0.25, 0.3) is 0 Å². The summed E-state index contributed by atoms with van der Waals surface area (Å²) in [6.07, 6.45) is 0. The van der Waals surface area contributed by atoms with Gasteiger partial charge < -0.3 is 10.5 Å². The number of sulfone groups is 1. The average Bonchev–Trinajstić information content (AvgIpc) is 3.15. The third-order valence-electron chi connectivity index (χ3n) is 4.61. The summed E-state index contributed by atoms with van der Waals surface area (Å²) in [5.41, 5.74) is 7.55. The second-order valence-corrected chi connectivity index (χ2v) is 8.86. The molecule has 0 bridgehead atoms. The number of halogens is 1. The highest BCUT2D eigenvalue weighted by Gasteiger charge is 2.69. The first kappa shape index (κ1) is 17.4. The van der Waals surface area contributed by atoms with Crippen LogP contribution in [0.3, 0.4) is 0 Å². The van der Waals surface area contributed by atoms with E-state index in [0.29, 0.717) is 5.02 Å². The Bertz CT molecular complexity index is 834. The Morgan fingerprint density at radius 3 is 2.25 bits per heavy atom. The van der Waals surface area contributed by atoms with Crippen molar-refractivity contribution in [3.8, 4) is 0 Å². The van der Waals surface area contributed by atoms with Crippen molar-refractivity contribution in [3.63, 3.8) is 0 Å². The SMILES string of the molecule is COCC1(N)C(c2ccc(C)cc2)C1S(=O)(=O)c1ccc(Cl)cc1. The quantitative estimate of drug-likeness (QED) is 0.884. The molecule has 0 aliphatic heterocycles. The Morgan fingerprint density at radius 1 is 1.12 bits per heavy atom. The number of benzene rings is 2. The summed E-state index contributed by atoms with van der Waals surface area (Å²) in [5, 5.41) is -0.218. The molecule has 24 heavy (non-hydrogen) atoms. The Labute approximate surface area is 147 Å². The molecule has 0 aromatic heterocycles. The summed E-state index contributed by atoms with van der Waals surface area (Å²) in [6, 6.07) is 14.0. The number of hydrogen-bond donors (Lipinski definition) is 1. The summed E-state index contributed by atoms with van der Waals surface area (Å²) in [5.74, 6) is -0.293. The first-order valence-electron chi connectivity index (χ1n) is 7.64. The molecule has 0 radical (unpaired) electrons. The molecular formula is C18H20ClNO3S. The van der Waals surface area contributed by atoms with Gasteiger partial charge in [-0.05, 0) is 36.8 Å². The van der Waals surface area contributed by atoms with Crippen LogP contribution < -0.4 is 5.73 Å². The standard InChI is InChI=1S/C18H20ClNO3S/c1-12-3-5-13(6-4-12)16-17(18(16,20)11-23-2)24(21,22)15-9-7-14(19)8-10-15/h3-10,16-17H,11,20H2,1-2H3. The zero-order valence-electron chi connectivity index (χ0n) is 13.6. The van der Waals surface area contributed by atoms with Crippen molar-refractivity contribution >= 4 is 21.4 Å². The Balaban J connectivity index is 2.01. The fourth-order valence-electron chi connectivity index (χ4n) is 3.34. The van der Waals surface area contributed by atoms with Gasteiger partial charge >= 0.3 is 0 Å². The normalized spacial score (nSPS) is 26.3. The molecular weight excluding hydrogens is 346 g/mol. The van der Waals surface area contributed by atoms with E-state index in [1.807, 2.05) is 31.2 Å². The van der Waals surface area contributed by atoms with Crippen molar-refractivity contribution in [2.45, 2.75) is 28.5 Å². The topological polar surface area (TPSA) is 69.4 Å². The molecule has 1 saturated carbocycles. The predicted molar refractivity (Wildman–Crippen MR) is 95.1 cm³/mol. The lowest BCUT2D eigenvalue weighted by atomic mass is 10.1. The summed E-state index contributed by atoms with van der Waals surface area (Å²) in [4.78, 5) is 0.234. The van der Waals surface area contributed by atoms with E-state index >= 15 is 0 Å². The zero-order chi connectivity index (χ0) is 17.5. The maximum absolute atomic E-state index is 13.1. The molecule has 128 valence electrons. The first-order chi connectivity index (χ1) is 11.3. The van der Waals surface area contributed by atoms with E-state index in [2.05, 4.69) is 0 Å². The van der Waals surface area contributed by atoms with E-state index in [1.165, 1.54) is 19.2 Å². The van der Waals surface area contributed by atoms with Gasteiger partial charge in [-0.25, -0.2) is 8.42 Å². The smallest absolute Gasteiger partial charge is 0.183 e. The highest BCUT2D eigenvalue weighted by molar-refractivity contribution is 7.92. The Morgan fingerprint density at radius 2 is 1.71 bits per heavy atom.